The summed E-state index contributed by atoms with van der Waals surface area (Å²) in [5.41, 5.74) is 0.574. The Hall–Kier alpha value is -1.58. The van der Waals surface area contributed by atoms with E-state index < -0.39 is 18.5 Å². The van der Waals surface area contributed by atoms with E-state index in [1.807, 2.05) is 0 Å². The first-order valence-corrected chi connectivity index (χ1v) is 6.53. The van der Waals surface area contributed by atoms with Crippen LogP contribution in [-0.2, 0) is 6.54 Å². The van der Waals surface area contributed by atoms with Crippen LogP contribution >= 0.6 is 0 Å². The Bertz CT molecular complexity index is 517. The molecule has 1 N–H and O–H groups in total. The second kappa shape index (κ2) is 8.01. The third-order valence-electron chi connectivity index (χ3n) is 2.70. The third kappa shape index (κ3) is 6.61. The molecule has 0 bridgehead atoms. The fourth-order valence-corrected chi connectivity index (χ4v) is 1.92. The Morgan fingerprint density at radius 1 is 1.29 bits per heavy atom. The molecule has 0 saturated carbocycles. The van der Waals surface area contributed by atoms with Crippen molar-refractivity contribution in [2.75, 3.05) is 19.7 Å². The summed E-state index contributed by atoms with van der Waals surface area (Å²) in [4.78, 5) is 1.16. The second-order valence-electron chi connectivity index (χ2n) is 4.59. The fraction of sp³-hybridized carbons (Fsp3) is 0.467. The molecule has 0 unspecified atom stereocenters. The quantitative estimate of drug-likeness (QED) is 0.668. The zero-order valence-electron chi connectivity index (χ0n) is 11.7. The molecule has 21 heavy (non-hydrogen) atoms. The molecule has 0 atom stereocenters. The minimum absolute atomic E-state index is 0.104. The number of benzene rings is 1. The fourth-order valence-electron chi connectivity index (χ4n) is 1.92. The summed E-state index contributed by atoms with van der Waals surface area (Å²) in [6.45, 7) is 0.511. The first-order valence-electron chi connectivity index (χ1n) is 6.53. The lowest BCUT2D eigenvalue weighted by molar-refractivity contribution is -0.147. The Kier molecular flexibility index (Phi) is 6.66. The van der Waals surface area contributed by atoms with Crippen molar-refractivity contribution in [3.05, 3.63) is 35.1 Å². The molecule has 0 heterocycles. The van der Waals surface area contributed by atoms with Gasteiger partial charge < -0.3 is 5.11 Å². The molecule has 0 aliphatic heterocycles. The number of halogens is 4. The highest BCUT2D eigenvalue weighted by atomic mass is 19.4. The van der Waals surface area contributed by atoms with Crippen molar-refractivity contribution in [3.63, 3.8) is 0 Å². The van der Waals surface area contributed by atoms with Crippen molar-refractivity contribution in [2.24, 2.45) is 0 Å². The lowest BCUT2D eigenvalue weighted by atomic mass is 10.1. The molecule has 0 aliphatic carbocycles. The first-order chi connectivity index (χ1) is 9.85. The monoisotopic (exact) mass is 303 g/mol. The molecule has 0 aromatic heterocycles. The summed E-state index contributed by atoms with van der Waals surface area (Å²) in [6, 6.07) is 4.12. The molecule has 0 saturated heterocycles. The second-order valence-corrected chi connectivity index (χ2v) is 4.59. The van der Waals surface area contributed by atoms with Gasteiger partial charge in [-0.3, -0.25) is 4.90 Å². The highest BCUT2D eigenvalue weighted by Gasteiger charge is 2.30. The number of aliphatic hydroxyl groups is 1. The van der Waals surface area contributed by atoms with E-state index in [4.69, 9.17) is 5.11 Å². The van der Waals surface area contributed by atoms with Crippen LogP contribution in [0.1, 0.15) is 24.5 Å². The van der Waals surface area contributed by atoms with Crippen molar-refractivity contribution >= 4 is 0 Å². The zero-order valence-corrected chi connectivity index (χ0v) is 11.7. The molecule has 1 rings (SSSR count). The van der Waals surface area contributed by atoms with Gasteiger partial charge >= 0.3 is 6.18 Å². The topological polar surface area (TPSA) is 23.5 Å². The molecular weight excluding hydrogens is 286 g/mol. The Labute approximate surface area is 121 Å². The van der Waals surface area contributed by atoms with E-state index in [1.165, 1.54) is 12.1 Å². The van der Waals surface area contributed by atoms with Crippen LogP contribution in [-0.4, -0.2) is 35.9 Å². The van der Waals surface area contributed by atoms with Gasteiger partial charge in [-0.15, -0.1) is 0 Å². The number of hydrogen-bond donors (Lipinski definition) is 1. The maximum atomic E-state index is 13.9. The molecule has 1 aromatic rings. The number of alkyl halides is 3. The standard InChI is InChI=1S/C15H17F4NO/c1-2-7-20(11-15(17,18)19)10-13-6-5-12(4-3-8-21)9-14(13)16/h5-6,9,21H,2,7-8,10-11H2,1H3. The summed E-state index contributed by atoms with van der Waals surface area (Å²) in [5.74, 6) is 4.33. The average molecular weight is 303 g/mol. The van der Waals surface area contributed by atoms with Crippen molar-refractivity contribution in [1.29, 1.82) is 0 Å². The first kappa shape index (κ1) is 17.5. The molecule has 0 fully saturated rings. The molecule has 1 aromatic carbocycles. The van der Waals surface area contributed by atoms with Crippen LogP contribution in [0.4, 0.5) is 17.6 Å². The van der Waals surface area contributed by atoms with E-state index >= 15 is 0 Å². The predicted octanol–water partition coefficient (Wildman–Crippen LogP) is 2.94. The van der Waals surface area contributed by atoms with Crippen LogP contribution < -0.4 is 0 Å². The molecular formula is C15H17F4NO. The van der Waals surface area contributed by atoms with Gasteiger partial charge in [0.15, 0.2) is 0 Å². The van der Waals surface area contributed by atoms with Crippen LogP contribution in [0.15, 0.2) is 18.2 Å². The number of aliphatic hydroxyl groups excluding tert-OH is 1. The molecule has 0 amide bonds. The summed E-state index contributed by atoms with van der Waals surface area (Å²) in [6.07, 6.45) is -3.75. The van der Waals surface area contributed by atoms with Gasteiger partial charge in [-0.05, 0) is 25.1 Å². The number of nitrogens with zero attached hydrogens (tertiary/aromatic N) is 1. The summed E-state index contributed by atoms with van der Waals surface area (Å²) >= 11 is 0. The van der Waals surface area contributed by atoms with E-state index in [0.717, 1.165) is 11.0 Å². The minimum Gasteiger partial charge on any atom is -0.384 e. The smallest absolute Gasteiger partial charge is 0.384 e. The van der Waals surface area contributed by atoms with Gasteiger partial charge in [-0.2, -0.15) is 13.2 Å². The molecule has 6 heteroatoms. The summed E-state index contributed by atoms with van der Waals surface area (Å²) in [7, 11) is 0. The van der Waals surface area contributed by atoms with E-state index in [0.29, 0.717) is 12.0 Å². The lowest BCUT2D eigenvalue weighted by Crippen LogP contribution is -2.34. The van der Waals surface area contributed by atoms with Crippen molar-refractivity contribution in [3.8, 4) is 11.8 Å². The molecule has 116 valence electrons. The van der Waals surface area contributed by atoms with Gasteiger partial charge in [0.1, 0.15) is 12.4 Å². The molecule has 0 spiro atoms. The summed E-state index contributed by atoms with van der Waals surface area (Å²) in [5, 5.41) is 8.56. The van der Waals surface area contributed by atoms with Crippen LogP contribution in [0.5, 0.6) is 0 Å². The van der Waals surface area contributed by atoms with Crippen LogP contribution in [0.25, 0.3) is 0 Å². The Morgan fingerprint density at radius 3 is 2.52 bits per heavy atom. The van der Waals surface area contributed by atoms with Crippen LogP contribution in [0, 0.1) is 17.7 Å². The van der Waals surface area contributed by atoms with Gasteiger partial charge in [0, 0.05) is 17.7 Å². The van der Waals surface area contributed by atoms with Crippen molar-refractivity contribution in [1.82, 2.24) is 4.90 Å². The number of hydrogen-bond acceptors (Lipinski definition) is 2. The van der Waals surface area contributed by atoms with E-state index in [9.17, 15) is 17.6 Å². The van der Waals surface area contributed by atoms with Gasteiger partial charge in [-0.1, -0.05) is 24.8 Å². The maximum Gasteiger partial charge on any atom is 0.401 e. The van der Waals surface area contributed by atoms with Crippen molar-refractivity contribution in [2.45, 2.75) is 26.1 Å². The Balaban J connectivity index is 2.84. The highest BCUT2D eigenvalue weighted by Crippen LogP contribution is 2.19. The van der Waals surface area contributed by atoms with E-state index in [2.05, 4.69) is 11.8 Å². The minimum atomic E-state index is -4.31. The molecule has 0 aliphatic rings. The van der Waals surface area contributed by atoms with Gasteiger partial charge in [-0.25, -0.2) is 4.39 Å². The highest BCUT2D eigenvalue weighted by molar-refractivity contribution is 5.37. The van der Waals surface area contributed by atoms with E-state index in [-0.39, 0.29) is 25.3 Å². The average Bonchev–Trinajstić information content (AvgIpc) is 2.37. The molecule has 2 nitrogen and oxygen atoms in total. The largest absolute Gasteiger partial charge is 0.401 e. The van der Waals surface area contributed by atoms with Crippen LogP contribution in [0.3, 0.4) is 0 Å². The SMILES string of the molecule is CCCN(Cc1ccc(C#CCO)cc1F)CC(F)(F)F. The summed E-state index contributed by atoms with van der Waals surface area (Å²) < 4.78 is 51.2. The predicted molar refractivity (Wildman–Crippen MR) is 72.0 cm³/mol. The van der Waals surface area contributed by atoms with Gasteiger partial charge in [0.2, 0.25) is 0 Å². The third-order valence-corrected chi connectivity index (χ3v) is 2.70. The zero-order chi connectivity index (χ0) is 15.9. The lowest BCUT2D eigenvalue weighted by Gasteiger charge is -2.23. The van der Waals surface area contributed by atoms with Crippen molar-refractivity contribution < 1.29 is 22.7 Å². The Morgan fingerprint density at radius 2 is 2.00 bits per heavy atom. The maximum absolute atomic E-state index is 13.9. The van der Waals surface area contributed by atoms with E-state index in [1.54, 1.807) is 6.92 Å². The van der Waals surface area contributed by atoms with Gasteiger partial charge in [0.05, 0.1) is 6.54 Å². The normalized spacial score (nSPS) is 11.4. The van der Waals surface area contributed by atoms with Gasteiger partial charge in [0.25, 0.3) is 0 Å². The van der Waals surface area contributed by atoms with Crippen LogP contribution in [0.2, 0.25) is 0 Å². The number of rotatable bonds is 5. The molecule has 0 radical (unpaired) electrons.